The normalized spacial score (nSPS) is 14.6. The second-order valence-corrected chi connectivity index (χ2v) is 5.78. The SMILES string of the molecule is COC(=O)C(C)(N)CCSc1cccs1. The lowest BCUT2D eigenvalue weighted by Crippen LogP contribution is -2.46. The standard InChI is InChI=1S/C10H15NO2S2/c1-10(11,9(12)13-2)5-7-15-8-4-3-6-14-8/h3-4,6H,5,7,11H2,1-2H3. The number of methoxy groups -OCH3 is 1. The molecule has 1 atom stereocenters. The van der Waals surface area contributed by atoms with Gasteiger partial charge in [0.15, 0.2) is 0 Å². The van der Waals surface area contributed by atoms with Gasteiger partial charge in [-0.25, -0.2) is 0 Å². The fourth-order valence-corrected chi connectivity index (χ4v) is 3.08. The summed E-state index contributed by atoms with van der Waals surface area (Å²) in [6, 6.07) is 4.07. The number of esters is 1. The predicted molar refractivity (Wildman–Crippen MR) is 64.3 cm³/mol. The van der Waals surface area contributed by atoms with Crippen LogP contribution in [0.1, 0.15) is 13.3 Å². The number of nitrogens with two attached hydrogens (primary N) is 1. The Morgan fingerprint density at radius 1 is 1.73 bits per heavy atom. The largest absolute Gasteiger partial charge is 0.468 e. The molecule has 15 heavy (non-hydrogen) atoms. The van der Waals surface area contributed by atoms with Gasteiger partial charge in [0.2, 0.25) is 0 Å². The van der Waals surface area contributed by atoms with E-state index >= 15 is 0 Å². The first-order valence-electron chi connectivity index (χ1n) is 4.60. The topological polar surface area (TPSA) is 52.3 Å². The number of thioether (sulfide) groups is 1. The van der Waals surface area contributed by atoms with Crippen LogP contribution in [0, 0.1) is 0 Å². The quantitative estimate of drug-likeness (QED) is 0.638. The van der Waals surface area contributed by atoms with E-state index in [1.807, 2.05) is 11.4 Å². The highest BCUT2D eigenvalue weighted by Crippen LogP contribution is 2.25. The Balaban J connectivity index is 2.33. The molecule has 2 N–H and O–H groups in total. The molecular weight excluding hydrogens is 230 g/mol. The summed E-state index contributed by atoms with van der Waals surface area (Å²) in [4.78, 5) is 11.3. The average molecular weight is 245 g/mol. The van der Waals surface area contributed by atoms with Crippen LogP contribution >= 0.6 is 23.1 Å². The zero-order valence-electron chi connectivity index (χ0n) is 8.86. The zero-order chi connectivity index (χ0) is 11.3. The summed E-state index contributed by atoms with van der Waals surface area (Å²) in [5, 5.41) is 2.03. The van der Waals surface area contributed by atoms with Crippen molar-refractivity contribution in [2.75, 3.05) is 12.9 Å². The average Bonchev–Trinajstić information content (AvgIpc) is 2.69. The smallest absolute Gasteiger partial charge is 0.325 e. The van der Waals surface area contributed by atoms with Crippen LogP contribution in [0.4, 0.5) is 0 Å². The Kier molecular flexibility index (Phi) is 4.63. The molecule has 0 aliphatic heterocycles. The van der Waals surface area contributed by atoms with Crippen molar-refractivity contribution in [2.45, 2.75) is 23.1 Å². The fraction of sp³-hybridized carbons (Fsp3) is 0.500. The summed E-state index contributed by atoms with van der Waals surface area (Å²) in [5.74, 6) is 0.470. The number of thiophene rings is 1. The fourth-order valence-electron chi connectivity index (χ4n) is 1.04. The van der Waals surface area contributed by atoms with E-state index in [4.69, 9.17) is 5.73 Å². The highest BCUT2D eigenvalue weighted by molar-refractivity contribution is 8.01. The Hall–Kier alpha value is -0.520. The molecule has 84 valence electrons. The Bertz CT molecular complexity index is 309. The minimum absolute atomic E-state index is 0.353. The highest BCUT2D eigenvalue weighted by Gasteiger charge is 2.28. The van der Waals surface area contributed by atoms with Crippen molar-refractivity contribution in [1.29, 1.82) is 0 Å². The van der Waals surface area contributed by atoms with Gasteiger partial charge in [0.25, 0.3) is 0 Å². The molecule has 1 rings (SSSR count). The molecule has 0 spiro atoms. The Labute approximate surface area is 98.0 Å². The van der Waals surface area contributed by atoms with Crippen molar-refractivity contribution in [1.82, 2.24) is 0 Å². The molecule has 0 radical (unpaired) electrons. The van der Waals surface area contributed by atoms with Gasteiger partial charge < -0.3 is 10.5 Å². The van der Waals surface area contributed by atoms with Crippen molar-refractivity contribution in [2.24, 2.45) is 5.73 Å². The maximum Gasteiger partial charge on any atom is 0.325 e. The lowest BCUT2D eigenvalue weighted by molar-refractivity contribution is -0.146. The molecule has 5 heteroatoms. The second kappa shape index (κ2) is 5.53. The summed E-state index contributed by atoms with van der Waals surface area (Å²) in [5.41, 5.74) is 4.95. The van der Waals surface area contributed by atoms with E-state index in [9.17, 15) is 4.79 Å². The van der Waals surface area contributed by atoms with Crippen molar-refractivity contribution in [3.05, 3.63) is 17.5 Å². The number of ether oxygens (including phenoxy) is 1. The van der Waals surface area contributed by atoms with E-state index in [0.717, 1.165) is 5.75 Å². The van der Waals surface area contributed by atoms with Crippen LogP contribution in [-0.2, 0) is 9.53 Å². The summed E-state index contributed by atoms with van der Waals surface area (Å²) < 4.78 is 5.88. The monoisotopic (exact) mass is 245 g/mol. The van der Waals surface area contributed by atoms with Crippen LogP contribution < -0.4 is 5.73 Å². The van der Waals surface area contributed by atoms with E-state index in [1.165, 1.54) is 11.3 Å². The molecule has 1 heterocycles. The molecule has 0 saturated carbocycles. The van der Waals surface area contributed by atoms with Gasteiger partial charge in [0, 0.05) is 5.75 Å². The second-order valence-electron chi connectivity index (χ2n) is 3.44. The first-order chi connectivity index (χ1) is 7.06. The predicted octanol–water partition coefficient (Wildman–Crippen LogP) is 2.12. The van der Waals surface area contributed by atoms with Crippen molar-refractivity contribution in [3.63, 3.8) is 0 Å². The van der Waals surface area contributed by atoms with Gasteiger partial charge in [-0.15, -0.1) is 23.1 Å². The number of hydrogen-bond donors (Lipinski definition) is 1. The number of carbonyl (C=O) groups excluding carboxylic acids is 1. The Morgan fingerprint density at radius 3 is 3.00 bits per heavy atom. The first-order valence-corrected chi connectivity index (χ1v) is 6.46. The van der Waals surface area contributed by atoms with Gasteiger partial charge in [-0.1, -0.05) is 6.07 Å². The van der Waals surface area contributed by atoms with Gasteiger partial charge >= 0.3 is 5.97 Å². The van der Waals surface area contributed by atoms with Crippen molar-refractivity contribution >= 4 is 29.1 Å². The van der Waals surface area contributed by atoms with Crippen molar-refractivity contribution < 1.29 is 9.53 Å². The van der Waals surface area contributed by atoms with Crippen LogP contribution in [0.5, 0.6) is 0 Å². The lowest BCUT2D eigenvalue weighted by atomic mass is 10.0. The molecule has 0 aliphatic carbocycles. The van der Waals surface area contributed by atoms with Crippen molar-refractivity contribution in [3.8, 4) is 0 Å². The van der Waals surface area contributed by atoms with Crippen LogP contribution in [0.25, 0.3) is 0 Å². The molecule has 0 fully saturated rings. The molecule has 0 aliphatic rings. The molecule has 1 unspecified atom stereocenters. The molecule has 3 nitrogen and oxygen atoms in total. The number of carbonyl (C=O) groups is 1. The van der Waals surface area contributed by atoms with Gasteiger partial charge in [0.1, 0.15) is 5.54 Å². The summed E-state index contributed by atoms with van der Waals surface area (Å²) in [6.45, 7) is 1.70. The number of hydrogen-bond acceptors (Lipinski definition) is 5. The van der Waals surface area contributed by atoms with Crippen LogP contribution in [0.3, 0.4) is 0 Å². The molecule has 1 aromatic heterocycles. The summed E-state index contributed by atoms with van der Waals surface area (Å²) in [6.07, 6.45) is 0.613. The lowest BCUT2D eigenvalue weighted by Gasteiger charge is -2.20. The van der Waals surface area contributed by atoms with E-state index in [2.05, 4.69) is 10.8 Å². The summed E-state index contributed by atoms with van der Waals surface area (Å²) >= 11 is 3.41. The van der Waals surface area contributed by atoms with Gasteiger partial charge in [-0.05, 0) is 24.8 Å². The van der Waals surface area contributed by atoms with E-state index < -0.39 is 5.54 Å². The van der Waals surface area contributed by atoms with E-state index in [-0.39, 0.29) is 5.97 Å². The highest BCUT2D eigenvalue weighted by atomic mass is 32.2. The van der Waals surface area contributed by atoms with Gasteiger partial charge in [0.05, 0.1) is 11.3 Å². The summed E-state index contributed by atoms with van der Waals surface area (Å²) in [7, 11) is 1.36. The van der Waals surface area contributed by atoms with Crippen LogP contribution in [0.2, 0.25) is 0 Å². The third kappa shape index (κ3) is 3.85. The van der Waals surface area contributed by atoms with Crippen LogP contribution in [-0.4, -0.2) is 24.4 Å². The molecular formula is C10H15NO2S2. The molecule has 1 aromatic rings. The molecule has 0 bridgehead atoms. The molecule has 0 aromatic carbocycles. The zero-order valence-corrected chi connectivity index (χ0v) is 10.5. The maximum atomic E-state index is 11.3. The third-order valence-corrected chi connectivity index (χ3v) is 4.15. The molecule has 0 saturated heterocycles. The van der Waals surface area contributed by atoms with Gasteiger partial charge in [-0.3, -0.25) is 4.79 Å². The van der Waals surface area contributed by atoms with E-state index in [0.29, 0.717) is 6.42 Å². The maximum absolute atomic E-state index is 11.3. The van der Waals surface area contributed by atoms with E-state index in [1.54, 1.807) is 30.0 Å². The third-order valence-electron chi connectivity index (χ3n) is 2.01. The van der Waals surface area contributed by atoms with Gasteiger partial charge in [-0.2, -0.15) is 0 Å². The van der Waals surface area contributed by atoms with Crippen LogP contribution in [0.15, 0.2) is 21.7 Å². The minimum atomic E-state index is -0.876. The minimum Gasteiger partial charge on any atom is -0.468 e. The number of rotatable bonds is 5. The first kappa shape index (κ1) is 12.5. The molecule has 0 amide bonds. The Morgan fingerprint density at radius 2 is 2.47 bits per heavy atom.